The third kappa shape index (κ3) is 5.33. The Balaban J connectivity index is 1.55. The maximum absolute atomic E-state index is 13.6. The van der Waals surface area contributed by atoms with E-state index in [-0.39, 0.29) is 11.5 Å². The lowest BCUT2D eigenvalue weighted by atomic mass is 10.2. The van der Waals surface area contributed by atoms with Crippen molar-refractivity contribution in [1.29, 1.82) is 5.26 Å². The third-order valence-electron chi connectivity index (χ3n) is 3.91. The van der Waals surface area contributed by atoms with Crippen LogP contribution in [0.1, 0.15) is 27.6 Å². The Kier molecular flexibility index (Phi) is 6.81. The lowest BCUT2D eigenvalue weighted by Gasteiger charge is -2.11. The smallest absolute Gasteiger partial charge is 0.252 e. The molecule has 9 heteroatoms. The Hall–Kier alpha value is -3.38. The van der Waals surface area contributed by atoms with Gasteiger partial charge >= 0.3 is 0 Å². The second-order valence-corrected chi connectivity index (χ2v) is 6.99. The number of benzene rings is 2. The van der Waals surface area contributed by atoms with Crippen molar-refractivity contribution in [3.05, 3.63) is 71.1 Å². The van der Waals surface area contributed by atoms with Gasteiger partial charge in [0, 0.05) is 24.9 Å². The Morgan fingerprint density at radius 3 is 2.83 bits per heavy atom. The van der Waals surface area contributed by atoms with Gasteiger partial charge in [-0.2, -0.15) is 10.2 Å². The van der Waals surface area contributed by atoms with Crippen LogP contribution < -0.4 is 10.6 Å². The molecule has 7 nitrogen and oxygen atoms in total. The average Bonchev–Trinajstić information content (AvgIpc) is 3.15. The molecule has 0 radical (unpaired) electrons. The predicted molar refractivity (Wildman–Crippen MR) is 107 cm³/mol. The summed E-state index contributed by atoms with van der Waals surface area (Å²) < 4.78 is 18.6. The Morgan fingerprint density at radius 1 is 1.24 bits per heavy atom. The second kappa shape index (κ2) is 9.71. The predicted octanol–water partition coefficient (Wildman–Crippen LogP) is 3.52. The highest BCUT2D eigenvalue weighted by Gasteiger charge is 2.13. The molecule has 0 aliphatic heterocycles. The summed E-state index contributed by atoms with van der Waals surface area (Å²) in [6, 6.07) is 13.5. The van der Waals surface area contributed by atoms with Crippen molar-refractivity contribution in [3.8, 4) is 6.07 Å². The van der Waals surface area contributed by atoms with Crippen LogP contribution in [0.25, 0.3) is 0 Å². The minimum atomic E-state index is -0.579. The van der Waals surface area contributed by atoms with Crippen molar-refractivity contribution < 1.29 is 13.7 Å². The largest absolute Gasteiger partial charge is 0.382 e. The molecule has 0 atom stereocenters. The topological polar surface area (TPSA) is 104 Å². The van der Waals surface area contributed by atoms with E-state index in [2.05, 4.69) is 20.8 Å². The fraction of sp³-hybridized carbons (Fsp3) is 0.200. The summed E-state index contributed by atoms with van der Waals surface area (Å²) in [5.41, 5.74) is 0.895. The van der Waals surface area contributed by atoms with Gasteiger partial charge < -0.3 is 15.2 Å². The quantitative estimate of drug-likeness (QED) is 0.432. The molecule has 1 aromatic heterocycles. The van der Waals surface area contributed by atoms with E-state index in [1.807, 2.05) is 18.2 Å². The summed E-state index contributed by atoms with van der Waals surface area (Å²) in [6.07, 6.45) is 0. The first-order valence-corrected chi connectivity index (χ1v) is 9.78. The van der Waals surface area contributed by atoms with Crippen LogP contribution in [0.4, 0.5) is 10.1 Å². The molecule has 0 unspecified atom stereocenters. The van der Waals surface area contributed by atoms with E-state index in [9.17, 15) is 9.18 Å². The van der Waals surface area contributed by atoms with Gasteiger partial charge in [0.1, 0.15) is 17.4 Å². The Bertz CT molecular complexity index is 1050. The number of carbonyl (C=O) groups excluding carboxylic acids is 1. The first kappa shape index (κ1) is 20.4. The van der Waals surface area contributed by atoms with E-state index in [0.717, 1.165) is 4.90 Å². The van der Waals surface area contributed by atoms with Gasteiger partial charge in [-0.05, 0) is 24.3 Å². The van der Waals surface area contributed by atoms with E-state index >= 15 is 0 Å². The number of nitriles is 1. The summed E-state index contributed by atoms with van der Waals surface area (Å²) >= 11 is 1.45. The molecule has 0 aliphatic carbocycles. The number of nitrogens with one attached hydrogen (secondary N) is 2. The molecule has 2 aromatic carbocycles. The number of nitrogens with zero attached hydrogens (tertiary/aromatic N) is 3. The van der Waals surface area contributed by atoms with E-state index < -0.39 is 5.82 Å². The van der Waals surface area contributed by atoms with Crippen LogP contribution in [-0.2, 0) is 5.75 Å². The Labute approximate surface area is 171 Å². The molecule has 1 heterocycles. The molecule has 29 heavy (non-hydrogen) atoms. The number of halogens is 1. The molecule has 0 bridgehead atoms. The highest BCUT2D eigenvalue weighted by atomic mass is 32.2. The maximum atomic E-state index is 13.6. The third-order valence-corrected chi connectivity index (χ3v) is 4.98. The van der Waals surface area contributed by atoms with Crippen molar-refractivity contribution in [3.63, 3.8) is 0 Å². The number of thioether (sulfide) groups is 1. The van der Waals surface area contributed by atoms with Crippen LogP contribution >= 0.6 is 11.8 Å². The van der Waals surface area contributed by atoms with Crippen LogP contribution in [0.3, 0.4) is 0 Å². The molecular formula is C20H18FN5O2S. The first-order valence-electron chi connectivity index (χ1n) is 8.80. The van der Waals surface area contributed by atoms with Gasteiger partial charge in [0.15, 0.2) is 5.82 Å². The molecule has 0 aliphatic rings. The van der Waals surface area contributed by atoms with Crippen molar-refractivity contribution >= 4 is 23.4 Å². The van der Waals surface area contributed by atoms with Crippen LogP contribution in [0.15, 0.2) is 51.9 Å². The van der Waals surface area contributed by atoms with Gasteiger partial charge in [0.25, 0.3) is 5.91 Å². The zero-order chi connectivity index (χ0) is 20.6. The zero-order valence-electron chi connectivity index (χ0n) is 15.6. The maximum Gasteiger partial charge on any atom is 0.252 e. The van der Waals surface area contributed by atoms with E-state index in [1.54, 1.807) is 25.1 Å². The number of rotatable bonds is 8. The van der Waals surface area contributed by atoms with E-state index in [4.69, 9.17) is 9.78 Å². The summed E-state index contributed by atoms with van der Waals surface area (Å²) in [4.78, 5) is 17.5. The fourth-order valence-electron chi connectivity index (χ4n) is 2.58. The van der Waals surface area contributed by atoms with Crippen molar-refractivity contribution in [2.24, 2.45) is 0 Å². The zero-order valence-corrected chi connectivity index (χ0v) is 16.4. The van der Waals surface area contributed by atoms with Crippen molar-refractivity contribution in [2.45, 2.75) is 17.6 Å². The van der Waals surface area contributed by atoms with Crippen LogP contribution in [0, 0.1) is 24.1 Å². The lowest BCUT2D eigenvalue weighted by Crippen LogP contribution is -2.29. The summed E-state index contributed by atoms with van der Waals surface area (Å²) in [7, 11) is 0. The highest BCUT2D eigenvalue weighted by Crippen LogP contribution is 2.25. The molecular weight excluding hydrogens is 393 g/mol. The highest BCUT2D eigenvalue weighted by molar-refractivity contribution is 7.98. The van der Waals surface area contributed by atoms with Crippen LogP contribution in [0.2, 0.25) is 0 Å². The second-order valence-electron chi connectivity index (χ2n) is 5.97. The number of anilines is 1. The Morgan fingerprint density at radius 2 is 2.07 bits per heavy atom. The van der Waals surface area contributed by atoms with Crippen molar-refractivity contribution in [2.75, 3.05) is 18.4 Å². The summed E-state index contributed by atoms with van der Waals surface area (Å²) in [5.74, 6) is 0.746. The average molecular weight is 411 g/mol. The number of amides is 1. The molecule has 2 N–H and O–H groups in total. The summed E-state index contributed by atoms with van der Waals surface area (Å²) in [5, 5.41) is 18.7. The van der Waals surface area contributed by atoms with Gasteiger partial charge in [-0.15, -0.1) is 11.8 Å². The minimum absolute atomic E-state index is 0.0442. The number of carbonyl (C=O) groups is 1. The van der Waals surface area contributed by atoms with Crippen molar-refractivity contribution in [1.82, 2.24) is 15.5 Å². The van der Waals surface area contributed by atoms with Crippen LogP contribution in [-0.4, -0.2) is 29.1 Å². The van der Waals surface area contributed by atoms with Gasteiger partial charge in [0.05, 0.1) is 17.0 Å². The first-order chi connectivity index (χ1) is 14.1. The monoisotopic (exact) mass is 411 g/mol. The van der Waals surface area contributed by atoms with Gasteiger partial charge in [-0.3, -0.25) is 4.79 Å². The van der Waals surface area contributed by atoms with Gasteiger partial charge in [-0.25, -0.2) is 4.39 Å². The molecule has 1 amide bonds. The number of aromatic nitrogens is 2. The van der Waals surface area contributed by atoms with Crippen LogP contribution in [0.5, 0.6) is 0 Å². The molecule has 3 rings (SSSR count). The lowest BCUT2D eigenvalue weighted by molar-refractivity contribution is 0.0952. The molecule has 3 aromatic rings. The molecule has 0 saturated carbocycles. The van der Waals surface area contributed by atoms with Gasteiger partial charge in [0.2, 0.25) is 5.89 Å². The minimum Gasteiger partial charge on any atom is -0.382 e. The molecule has 148 valence electrons. The summed E-state index contributed by atoms with van der Waals surface area (Å²) in [6.45, 7) is 2.38. The fourth-order valence-corrected chi connectivity index (χ4v) is 3.47. The molecule has 0 spiro atoms. The normalized spacial score (nSPS) is 10.4. The molecule has 0 fully saturated rings. The number of hydrogen-bond acceptors (Lipinski definition) is 7. The molecule has 0 saturated heterocycles. The van der Waals surface area contributed by atoms with Gasteiger partial charge in [-0.1, -0.05) is 23.4 Å². The van der Waals surface area contributed by atoms with E-state index in [0.29, 0.717) is 41.8 Å². The van der Waals surface area contributed by atoms with E-state index in [1.165, 1.54) is 23.9 Å². The SMILES string of the molecule is Cc1nc(CSc2ccccc2C(=O)NCCNc2cccc(F)c2C#N)no1. The number of hydrogen-bond donors (Lipinski definition) is 2. The standard InChI is InChI=1S/C20H18FN5O2S/c1-13-25-19(26-28-13)12-29-18-8-3-2-5-14(18)20(27)24-10-9-23-17-7-4-6-16(21)15(17)11-22/h2-8,23H,9-10,12H2,1H3,(H,24,27). The number of aryl methyl sites for hydroxylation is 1.